The van der Waals surface area contributed by atoms with Crippen LogP contribution in [0.2, 0.25) is 0 Å². The molecular formula is C19H18F3NO3S. The van der Waals surface area contributed by atoms with E-state index in [2.05, 4.69) is 0 Å². The number of alkyl halides is 3. The first-order valence-electron chi connectivity index (χ1n) is 8.33. The van der Waals surface area contributed by atoms with E-state index in [0.717, 1.165) is 31.2 Å². The van der Waals surface area contributed by atoms with Gasteiger partial charge >= 0.3 is 6.18 Å². The number of nitrogens with zero attached hydrogens (tertiary/aromatic N) is 1. The Labute approximate surface area is 155 Å². The van der Waals surface area contributed by atoms with Crippen LogP contribution in [0.3, 0.4) is 0 Å². The number of halogens is 3. The average molecular weight is 397 g/mol. The molecule has 2 aromatic carbocycles. The van der Waals surface area contributed by atoms with Crippen molar-refractivity contribution in [3.05, 3.63) is 65.2 Å². The van der Waals surface area contributed by atoms with Crippen LogP contribution in [-0.4, -0.2) is 31.5 Å². The molecule has 1 aliphatic rings. The molecule has 0 saturated heterocycles. The van der Waals surface area contributed by atoms with Crippen molar-refractivity contribution in [3.8, 4) is 0 Å². The van der Waals surface area contributed by atoms with Crippen molar-refractivity contribution in [1.29, 1.82) is 0 Å². The molecular weight excluding hydrogens is 379 g/mol. The zero-order valence-corrected chi connectivity index (χ0v) is 15.3. The number of amides is 1. The van der Waals surface area contributed by atoms with Crippen molar-refractivity contribution in [3.63, 3.8) is 0 Å². The fraction of sp³-hybridized carbons (Fsp3) is 0.316. The lowest BCUT2D eigenvalue weighted by molar-refractivity contribution is -0.137. The van der Waals surface area contributed by atoms with Gasteiger partial charge in [-0.05, 0) is 48.7 Å². The largest absolute Gasteiger partial charge is 0.416 e. The lowest BCUT2D eigenvalue weighted by Gasteiger charge is -2.23. The molecule has 0 heterocycles. The molecule has 0 aromatic heterocycles. The summed E-state index contributed by atoms with van der Waals surface area (Å²) in [6.45, 7) is 0.171. The zero-order chi connectivity index (χ0) is 19.8. The van der Waals surface area contributed by atoms with Gasteiger partial charge in [0.2, 0.25) is 0 Å². The van der Waals surface area contributed by atoms with Crippen molar-refractivity contribution in [1.82, 2.24) is 4.90 Å². The molecule has 0 bridgehead atoms. The molecule has 27 heavy (non-hydrogen) atoms. The highest BCUT2D eigenvalue weighted by atomic mass is 32.2. The molecule has 1 saturated carbocycles. The summed E-state index contributed by atoms with van der Waals surface area (Å²) in [4.78, 5) is 14.5. The van der Waals surface area contributed by atoms with Gasteiger partial charge in [0.25, 0.3) is 5.91 Å². The van der Waals surface area contributed by atoms with Gasteiger partial charge in [0, 0.05) is 24.4 Å². The third-order valence-electron chi connectivity index (χ3n) is 4.39. The predicted molar refractivity (Wildman–Crippen MR) is 93.9 cm³/mol. The molecule has 3 rings (SSSR count). The Morgan fingerprint density at radius 2 is 1.74 bits per heavy atom. The molecule has 1 fully saturated rings. The summed E-state index contributed by atoms with van der Waals surface area (Å²) in [5.41, 5.74) is 0.0932. The lowest BCUT2D eigenvalue weighted by Crippen LogP contribution is -2.32. The smallest absolute Gasteiger partial charge is 0.331 e. The molecule has 8 heteroatoms. The van der Waals surface area contributed by atoms with Gasteiger partial charge in [-0.3, -0.25) is 4.79 Å². The number of rotatable bonds is 5. The minimum atomic E-state index is -4.41. The van der Waals surface area contributed by atoms with Crippen molar-refractivity contribution in [2.24, 2.45) is 0 Å². The Kier molecular flexibility index (Phi) is 5.03. The Hall–Kier alpha value is -2.35. The van der Waals surface area contributed by atoms with Crippen LogP contribution < -0.4 is 0 Å². The predicted octanol–water partition coefficient (Wildman–Crippen LogP) is 3.91. The van der Waals surface area contributed by atoms with Crippen molar-refractivity contribution in [2.75, 3.05) is 6.26 Å². The highest BCUT2D eigenvalue weighted by Gasteiger charge is 2.34. The number of benzene rings is 2. The second-order valence-electron chi connectivity index (χ2n) is 6.66. The van der Waals surface area contributed by atoms with E-state index in [1.165, 1.54) is 30.3 Å². The summed E-state index contributed by atoms with van der Waals surface area (Å²) >= 11 is 0. The number of carbonyl (C=O) groups excluding carboxylic acids is 1. The minimum absolute atomic E-state index is 0.0154. The van der Waals surface area contributed by atoms with Gasteiger partial charge in [-0.1, -0.05) is 18.2 Å². The summed E-state index contributed by atoms with van der Waals surface area (Å²) < 4.78 is 61.5. The normalized spacial score (nSPS) is 14.8. The highest BCUT2D eigenvalue weighted by Crippen LogP contribution is 2.32. The quantitative estimate of drug-likeness (QED) is 0.769. The highest BCUT2D eigenvalue weighted by molar-refractivity contribution is 7.90. The van der Waals surface area contributed by atoms with Crippen LogP contribution in [0.25, 0.3) is 0 Å². The van der Waals surface area contributed by atoms with Crippen molar-refractivity contribution < 1.29 is 26.4 Å². The number of hydrogen-bond donors (Lipinski definition) is 0. The third-order valence-corrected chi connectivity index (χ3v) is 5.50. The molecule has 2 aromatic rings. The monoisotopic (exact) mass is 397 g/mol. The maximum atomic E-state index is 12.9. The zero-order valence-electron chi connectivity index (χ0n) is 14.5. The van der Waals surface area contributed by atoms with Crippen LogP contribution in [0.15, 0.2) is 53.4 Å². The van der Waals surface area contributed by atoms with Crippen LogP contribution in [-0.2, 0) is 22.6 Å². The van der Waals surface area contributed by atoms with Crippen LogP contribution >= 0.6 is 0 Å². The van der Waals surface area contributed by atoms with E-state index >= 15 is 0 Å². The maximum Gasteiger partial charge on any atom is 0.416 e. The minimum Gasteiger partial charge on any atom is -0.331 e. The summed E-state index contributed by atoms with van der Waals surface area (Å²) in [7, 11) is -3.44. The second kappa shape index (κ2) is 6.99. The average Bonchev–Trinajstić information content (AvgIpc) is 3.43. The Morgan fingerprint density at radius 1 is 1.11 bits per heavy atom. The topological polar surface area (TPSA) is 54.5 Å². The fourth-order valence-corrected chi connectivity index (χ4v) is 3.44. The van der Waals surface area contributed by atoms with E-state index in [1.807, 2.05) is 0 Å². The lowest BCUT2D eigenvalue weighted by atomic mass is 10.1. The van der Waals surface area contributed by atoms with E-state index < -0.39 is 21.6 Å². The first kappa shape index (κ1) is 19.4. The SMILES string of the molecule is CS(=O)(=O)c1cccc(C(=O)N(Cc2ccc(C(F)(F)F)cc2)C2CC2)c1. The fourth-order valence-electron chi connectivity index (χ4n) is 2.77. The maximum absolute atomic E-state index is 12.9. The van der Waals surface area contributed by atoms with E-state index in [-0.39, 0.29) is 29.0 Å². The van der Waals surface area contributed by atoms with E-state index in [0.29, 0.717) is 5.56 Å². The van der Waals surface area contributed by atoms with Gasteiger partial charge in [-0.2, -0.15) is 13.2 Å². The molecule has 1 aliphatic carbocycles. The second-order valence-corrected chi connectivity index (χ2v) is 8.67. The van der Waals surface area contributed by atoms with Gasteiger partial charge in [-0.15, -0.1) is 0 Å². The van der Waals surface area contributed by atoms with Gasteiger partial charge in [0.15, 0.2) is 9.84 Å². The molecule has 144 valence electrons. The Morgan fingerprint density at radius 3 is 2.26 bits per heavy atom. The van der Waals surface area contributed by atoms with Crippen molar-refractivity contribution >= 4 is 15.7 Å². The van der Waals surface area contributed by atoms with E-state index in [9.17, 15) is 26.4 Å². The first-order valence-corrected chi connectivity index (χ1v) is 10.2. The van der Waals surface area contributed by atoms with Gasteiger partial charge in [0.1, 0.15) is 0 Å². The molecule has 0 atom stereocenters. The molecule has 0 unspecified atom stereocenters. The standard InChI is InChI=1S/C19H18F3NO3S/c1-27(25,26)17-4-2-3-14(11-17)18(24)23(16-9-10-16)12-13-5-7-15(8-6-13)19(20,21)22/h2-8,11,16H,9-10,12H2,1H3. The summed E-state index contributed by atoms with van der Waals surface area (Å²) in [5, 5.41) is 0. The van der Waals surface area contributed by atoms with Crippen LogP contribution in [0, 0.1) is 0 Å². The van der Waals surface area contributed by atoms with Gasteiger partial charge < -0.3 is 4.90 Å². The van der Waals surface area contributed by atoms with E-state index in [4.69, 9.17) is 0 Å². The van der Waals surface area contributed by atoms with Crippen LogP contribution in [0.1, 0.15) is 34.3 Å². The van der Waals surface area contributed by atoms with Crippen LogP contribution in [0.5, 0.6) is 0 Å². The van der Waals surface area contributed by atoms with Gasteiger partial charge in [0.05, 0.1) is 10.5 Å². The Balaban J connectivity index is 1.83. The molecule has 0 radical (unpaired) electrons. The first-order chi connectivity index (χ1) is 12.6. The number of sulfone groups is 1. The van der Waals surface area contributed by atoms with Crippen molar-refractivity contribution in [2.45, 2.75) is 36.5 Å². The van der Waals surface area contributed by atoms with E-state index in [1.54, 1.807) is 11.0 Å². The molecule has 0 N–H and O–H groups in total. The third kappa shape index (κ3) is 4.68. The van der Waals surface area contributed by atoms with Crippen LogP contribution in [0.4, 0.5) is 13.2 Å². The number of hydrogen-bond acceptors (Lipinski definition) is 3. The summed E-state index contributed by atoms with van der Waals surface area (Å²) in [6, 6.07) is 10.5. The summed E-state index contributed by atoms with van der Waals surface area (Å²) in [5.74, 6) is -0.331. The molecule has 0 spiro atoms. The van der Waals surface area contributed by atoms with Gasteiger partial charge in [-0.25, -0.2) is 8.42 Å². The molecule has 0 aliphatic heterocycles. The summed E-state index contributed by atoms with van der Waals surface area (Å²) in [6.07, 6.45) is -1.70. The molecule has 4 nitrogen and oxygen atoms in total. The number of carbonyl (C=O) groups is 1. The molecule has 1 amide bonds. The Bertz CT molecular complexity index is 949.